The number of terminal acetylenes is 1. The largest absolute Gasteiger partial charge is 0.468 e. The van der Waals surface area contributed by atoms with Gasteiger partial charge in [-0.15, -0.1) is 19.1 Å². The van der Waals surface area contributed by atoms with Crippen LogP contribution in [0.2, 0.25) is 0 Å². The quantitative estimate of drug-likeness (QED) is 0.396. The molecule has 2 rings (SSSR count). The van der Waals surface area contributed by atoms with Crippen LogP contribution in [0, 0.1) is 12.3 Å². The summed E-state index contributed by atoms with van der Waals surface area (Å²) >= 11 is 4.14. The molecule has 0 aliphatic heterocycles. The van der Waals surface area contributed by atoms with Gasteiger partial charge < -0.3 is 9.47 Å². The highest BCUT2D eigenvalue weighted by molar-refractivity contribution is 7.80. The highest BCUT2D eigenvalue weighted by Crippen LogP contribution is 2.13. The normalized spacial score (nSPS) is 8.84. The number of benzene rings is 2. The first-order valence-electron chi connectivity index (χ1n) is 5.76. The van der Waals surface area contributed by atoms with Crippen LogP contribution in [0.3, 0.4) is 0 Å². The second-order valence-corrected chi connectivity index (χ2v) is 3.98. The van der Waals surface area contributed by atoms with Crippen LogP contribution in [-0.2, 0) is 4.74 Å². The van der Waals surface area contributed by atoms with Crippen LogP contribution in [0.15, 0.2) is 65.6 Å². The Hall–Kier alpha value is -1.89. The standard InChI is InChI=1S/C10H10O2S.C6H6/c1-2-7-11-8-12-9-3-5-10(13)6-4-9;1-2-4-6-5-3-1/h1,3-6,13H,7-8H2;1-6H. The predicted octanol–water partition coefficient (Wildman–Crippen LogP) is 3.65. The minimum Gasteiger partial charge on any atom is -0.468 e. The van der Waals surface area contributed by atoms with E-state index in [9.17, 15) is 0 Å². The van der Waals surface area contributed by atoms with E-state index in [1.807, 2.05) is 60.7 Å². The van der Waals surface area contributed by atoms with E-state index in [0.29, 0.717) is 0 Å². The smallest absolute Gasteiger partial charge is 0.190 e. The van der Waals surface area contributed by atoms with Gasteiger partial charge in [-0.05, 0) is 24.3 Å². The lowest BCUT2D eigenvalue weighted by Crippen LogP contribution is -2.02. The predicted molar refractivity (Wildman–Crippen MR) is 80.4 cm³/mol. The van der Waals surface area contributed by atoms with E-state index in [1.54, 1.807) is 0 Å². The lowest BCUT2D eigenvalue weighted by molar-refractivity contribution is 0.0333. The van der Waals surface area contributed by atoms with E-state index in [4.69, 9.17) is 15.9 Å². The fourth-order valence-electron chi connectivity index (χ4n) is 1.14. The molecular weight excluding hydrogens is 256 g/mol. The van der Waals surface area contributed by atoms with Crippen molar-refractivity contribution in [3.63, 3.8) is 0 Å². The highest BCUT2D eigenvalue weighted by atomic mass is 32.1. The number of hydrogen-bond acceptors (Lipinski definition) is 3. The zero-order valence-corrected chi connectivity index (χ0v) is 11.4. The second-order valence-electron chi connectivity index (χ2n) is 3.46. The van der Waals surface area contributed by atoms with Crippen LogP contribution in [-0.4, -0.2) is 13.4 Å². The van der Waals surface area contributed by atoms with Gasteiger partial charge in [-0.25, -0.2) is 0 Å². The van der Waals surface area contributed by atoms with Gasteiger partial charge in [-0.3, -0.25) is 0 Å². The molecule has 0 atom stereocenters. The fraction of sp³-hybridized carbons (Fsp3) is 0.125. The number of thiol groups is 1. The number of rotatable bonds is 4. The Morgan fingerprint density at radius 3 is 1.95 bits per heavy atom. The van der Waals surface area contributed by atoms with Crippen molar-refractivity contribution >= 4 is 12.6 Å². The molecule has 3 heteroatoms. The van der Waals surface area contributed by atoms with Crippen LogP contribution in [0.1, 0.15) is 0 Å². The molecule has 0 aromatic heterocycles. The third-order valence-corrected chi connectivity index (χ3v) is 2.30. The molecule has 2 aromatic rings. The van der Waals surface area contributed by atoms with Gasteiger partial charge in [0.05, 0.1) is 0 Å². The van der Waals surface area contributed by atoms with E-state index in [-0.39, 0.29) is 13.4 Å². The third kappa shape index (κ3) is 7.93. The summed E-state index contributed by atoms with van der Waals surface area (Å²) in [7, 11) is 0. The summed E-state index contributed by atoms with van der Waals surface area (Å²) in [6.45, 7) is 0.445. The van der Waals surface area contributed by atoms with E-state index >= 15 is 0 Å². The summed E-state index contributed by atoms with van der Waals surface area (Å²) in [6.07, 6.45) is 4.99. The third-order valence-electron chi connectivity index (χ3n) is 2.00. The van der Waals surface area contributed by atoms with Crippen molar-refractivity contribution in [3.05, 3.63) is 60.7 Å². The van der Waals surface area contributed by atoms with Crippen LogP contribution in [0.4, 0.5) is 0 Å². The Morgan fingerprint density at radius 1 is 0.947 bits per heavy atom. The summed E-state index contributed by atoms with van der Waals surface area (Å²) < 4.78 is 10.2. The average Bonchev–Trinajstić information content (AvgIpc) is 2.48. The Bertz CT molecular complexity index is 448. The summed E-state index contributed by atoms with van der Waals surface area (Å²) in [5.41, 5.74) is 0. The van der Waals surface area contributed by atoms with Crippen molar-refractivity contribution in [2.75, 3.05) is 13.4 Å². The zero-order valence-electron chi connectivity index (χ0n) is 10.5. The molecule has 19 heavy (non-hydrogen) atoms. The molecule has 2 aromatic carbocycles. The lowest BCUT2D eigenvalue weighted by atomic mass is 10.3. The molecule has 0 amide bonds. The van der Waals surface area contributed by atoms with E-state index in [2.05, 4.69) is 18.5 Å². The fourth-order valence-corrected chi connectivity index (χ4v) is 1.29. The summed E-state index contributed by atoms with van der Waals surface area (Å²) in [6, 6.07) is 19.3. The van der Waals surface area contributed by atoms with Crippen molar-refractivity contribution in [2.24, 2.45) is 0 Å². The van der Waals surface area contributed by atoms with Crippen LogP contribution in [0.5, 0.6) is 5.75 Å². The molecule has 0 bridgehead atoms. The maximum atomic E-state index is 5.21. The molecule has 0 unspecified atom stereocenters. The first-order chi connectivity index (χ1) is 9.33. The minimum atomic E-state index is 0.177. The molecule has 0 saturated carbocycles. The summed E-state index contributed by atoms with van der Waals surface area (Å²) in [5.74, 6) is 3.09. The van der Waals surface area contributed by atoms with Gasteiger partial charge in [0.25, 0.3) is 0 Å². The molecule has 0 aliphatic rings. The van der Waals surface area contributed by atoms with Gasteiger partial charge in [-0.1, -0.05) is 42.3 Å². The SMILES string of the molecule is C#CCOCOc1ccc(S)cc1.c1ccccc1. The molecule has 0 radical (unpaired) electrons. The van der Waals surface area contributed by atoms with Crippen molar-refractivity contribution in [3.8, 4) is 18.1 Å². The van der Waals surface area contributed by atoms with E-state index < -0.39 is 0 Å². The molecule has 98 valence electrons. The Kier molecular flexibility index (Phi) is 8.04. The Morgan fingerprint density at radius 2 is 1.47 bits per heavy atom. The maximum absolute atomic E-state index is 5.21. The van der Waals surface area contributed by atoms with Crippen LogP contribution >= 0.6 is 12.6 Å². The Balaban J connectivity index is 0.000000250. The highest BCUT2D eigenvalue weighted by Gasteiger charge is 1.91. The Labute approximate surface area is 119 Å². The van der Waals surface area contributed by atoms with Crippen LogP contribution in [0.25, 0.3) is 0 Å². The van der Waals surface area contributed by atoms with Gasteiger partial charge in [0, 0.05) is 4.90 Å². The van der Waals surface area contributed by atoms with Crippen molar-refractivity contribution in [2.45, 2.75) is 4.90 Å². The average molecular weight is 272 g/mol. The molecular formula is C16H16O2S. The first kappa shape index (κ1) is 15.2. The van der Waals surface area contributed by atoms with Gasteiger partial charge in [-0.2, -0.15) is 0 Å². The van der Waals surface area contributed by atoms with Crippen LogP contribution < -0.4 is 4.74 Å². The van der Waals surface area contributed by atoms with E-state index in [0.717, 1.165) is 10.6 Å². The minimum absolute atomic E-state index is 0.177. The van der Waals surface area contributed by atoms with Gasteiger partial charge >= 0.3 is 0 Å². The first-order valence-corrected chi connectivity index (χ1v) is 6.20. The topological polar surface area (TPSA) is 18.5 Å². The summed E-state index contributed by atoms with van der Waals surface area (Å²) in [5, 5.41) is 0. The molecule has 0 aliphatic carbocycles. The van der Waals surface area contributed by atoms with Gasteiger partial charge in [0.2, 0.25) is 0 Å². The molecule has 0 N–H and O–H groups in total. The van der Waals surface area contributed by atoms with Crippen molar-refractivity contribution < 1.29 is 9.47 Å². The van der Waals surface area contributed by atoms with Gasteiger partial charge in [0.1, 0.15) is 12.4 Å². The monoisotopic (exact) mass is 272 g/mol. The van der Waals surface area contributed by atoms with Crippen molar-refractivity contribution in [1.82, 2.24) is 0 Å². The number of ether oxygens (including phenoxy) is 2. The zero-order chi connectivity index (χ0) is 13.8. The van der Waals surface area contributed by atoms with Gasteiger partial charge in [0.15, 0.2) is 6.79 Å². The molecule has 2 nitrogen and oxygen atoms in total. The molecule has 0 heterocycles. The molecule has 0 fully saturated rings. The second kappa shape index (κ2) is 10.1. The summed E-state index contributed by atoms with van der Waals surface area (Å²) in [4.78, 5) is 0.900. The van der Waals surface area contributed by atoms with Crippen molar-refractivity contribution in [1.29, 1.82) is 0 Å². The maximum Gasteiger partial charge on any atom is 0.190 e. The lowest BCUT2D eigenvalue weighted by Gasteiger charge is -2.04. The number of hydrogen-bond donors (Lipinski definition) is 1. The molecule has 0 saturated heterocycles. The van der Waals surface area contributed by atoms with E-state index in [1.165, 1.54) is 0 Å². The molecule has 0 spiro atoms.